The Bertz CT molecular complexity index is 2940. The molecule has 4 heteroatoms. The molecule has 0 aromatic heterocycles. The standard InChI is InChI=1S/C61H70BClN2/c1-37-29-43-45(60(12,13)27-25-58(43,8)9)35-51(37)65-50-24-22-40(57(5,6)7)31-47(50)62-48-34-44-46(61(14,15)28-26-59(44,10)11)36-52(48)64(53-32-41(63)33-54(65)55(53)62)49-23-21-39(56(2,3)4)30-42(49)38-19-17-16-18-20-38/h16-24,29-36H,25-28H2,1-15H3. The zero-order valence-corrected chi connectivity index (χ0v) is 42.7. The fourth-order valence-corrected chi connectivity index (χ4v) is 12.2. The number of fused-ring (bicyclic) bond motifs is 6. The normalized spacial score (nSPS) is 18.6. The predicted octanol–water partition coefficient (Wildman–Crippen LogP) is 15.7. The number of hydrogen-bond acceptors (Lipinski definition) is 2. The zero-order valence-electron chi connectivity index (χ0n) is 42.0. The lowest BCUT2D eigenvalue weighted by Crippen LogP contribution is -2.62. The highest BCUT2D eigenvalue weighted by atomic mass is 35.5. The molecular formula is C61H70BClN2. The number of hydrogen-bond donors (Lipinski definition) is 0. The highest BCUT2D eigenvalue weighted by Crippen LogP contribution is 2.54. The lowest BCUT2D eigenvalue weighted by atomic mass is 9.33. The fraction of sp³-hybridized carbons (Fsp3) is 0.410. The Morgan fingerprint density at radius 1 is 0.462 bits per heavy atom. The highest BCUT2D eigenvalue weighted by molar-refractivity contribution is 7.00. The van der Waals surface area contributed by atoms with E-state index in [2.05, 4.69) is 217 Å². The van der Waals surface area contributed by atoms with E-state index >= 15 is 0 Å². The summed E-state index contributed by atoms with van der Waals surface area (Å²) >= 11 is 7.60. The van der Waals surface area contributed by atoms with Gasteiger partial charge in [0.2, 0.25) is 0 Å². The molecule has 0 saturated heterocycles. The van der Waals surface area contributed by atoms with E-state index in [1.807, 2.05) is 0 Å². The molecule has 0 spiro atoms. The van der Waals surface area contributed by atoms with Crippen molar-refractivity contribution in [2.24, 2.45) is 0 Å². The minimum atomic E-state index is -0.0366. The van der Waals surface area contributed by atoms with Crippen LogP contribution in [0, 0.1) is 6.92 Å². The van der Waals surface area contributed by atoms with Gasteiger partial charge in [0, 0.05) is 39.0 Å². The molecule has 0 N–H and O–H groups in total. The van der Waals surface area contributed by atoms with Crippen molar-refractivity contribution in [3.63, 3.8) is 0 Å². The SMILES string of the molecule is Cc1cc2c(cc1N1c3ccc(C(C)(C)C)cc3B3c4cc5c(cc4N(c4ccc(C(C)(C)C)cc4-c4ccccc4)c4cc(Cl)cc1c43)C(C)(C)CCC5(C)C)C(C)(C)CCC2(C)C. The molecule has 65 heavy (non-hydrogen) atoms. The van der Waals surface area contributed by atoms with Crippen LogP contribution in [0.1, 0.15) is 162 Å². The summed E-state index contributed by atoms with van der Waals surface area (Å²) in [6, 6.07) is 40.6. The summed E-state index contributed by atoms with van der Waals surface area (Å²) in [6.07, 6.45) is 4.66. The number of rotatable bonds is 3. The second-order valence-corrected chi connectivity index (χ2v) is 25.4. The molecular weight excluding hydrogens is 807 g/mol. The molecule has 2 nitrogen and oxygen atoms in total. The van der Waals surface area contributed by atoms with Crippen molar-refractivity contribution in [3.8, 4) is 11.1 Å². The van der Waals surface area contributed by atoms with E-state index in [0.29, 0.717) is 0 Å². The van der Waals surface area contributed by atoms with E-state index in [4.69, 9.17) is 11.6 Å². The Morgan fingerprint density at radius 3 is 1.45 bits per heavy atom. The molecule has 0 saturated carbocycles. The first-order valence-corrected chi connectivity index (χ1v) is 24.8. The second-order valence-electron chi connectivity index (χ2n) is 25.0. The summed E-state index contributed by atoms with van der Waals surface area (Å²) in [6.45, 7) is 36.0. The number of anilines is 6. The van der Waals surface area contributed by atoms with Crippen LogP contribution in [-0.2, 0) is 32.5 Å². The summed E-state index contributed by atoms with van der Waals surface area (Å²) < 4.78 is 0. The summed E-state index contributed by atoms with van der Waals surface area (Å²) in [5, 5.41) is 0.745. The Hall–Kier alpha value is -4.73. The first kappa shape index (κ1) is 44.1. The van der Waals surface area contributed by atoms with Crippen molar-refractivity contribution in [3.05, 3.63) is 147 Å². The van der Waals surface area contributed by atoms with Gasteiger partial charge >= 0.3 is 0 Å². The van der Waals surface area contributed by atoms with Crippen LogP contribution in [0.4, 0.5) is 34.1 Å². The Balaban J connectivity index is 1.35. The molecule has 334 valence electrons. The molecule has 10 rings (SSSR count). The van der Waals surface area contributed by atoms with Crippen molar-refractivity contribution in [2.75, 3.05) is 9.80 Å². The molecule has 2 aliphatic heterocycles. The third kappa shape index (κ3) is 6.95. The van der Waals surface area contributed by atoms with Crippen LogP contribution in [0.25, 0.3) is 11.1 Å². The Labute approximate surface area is 396 Å². The largest absolute Gasteiger partial charge is 0.311 e. The summed E-state index contributed by atoms with van der Waals surface area (Å²) in [4.78, 5) is 5.22. The van der Waals surface area contributed by atoms with Gasteiger partial charge in [-0.1, -0.05) is 169 Å². The lowest BCUT2D eigenvalue weighted by molar-refractivity contribution is 0.332. The fourth-order valence-electron chi connectivity index (χ4n) is 12.0. The van der Waals surface area contributed by atoms with E-state index in [1.165, 1.54) is 101 Å². The summed E-state index contributed by atoms with van der Waals surface area (Å²) in [7, 11) is 0. The molecule has 6 aromatic rings. The van der Waals surface area contributed by atoms with Crippen LogP contribution in [0.3, 0.4) is 0 Å². The van der Waals surface area contributed by atoms with E-state index in [9.17, 15) is 0 Å². The van der Waals surface area contributed by atoms with Gasteiger partial charge < -0.3 is 9.80 Å². The molecule has 2 aliphatic carbocycles. The Kier molecular flexibility index (Phi) is 9.77. The van der Waals surface area contributed by atoms with E-state index < -0.39 is 0 Å². The molecule has 0 atom stereocenters. The average molecular weight is 878 g/mol. The summed E-state index contributed by atoms with van der Waals surface area (Å²) in [5.74, 6) is 0. The van der Waals surface area contributed by atoms with Gasteiger partial charge in [-0.2, -0.15) is 0 Å². The van der Waals surface area contributed by atoms with Gasteiger partial charge in [0.1, 0.15) is 0 Å². The van der Waals surface area contributed by atoms with Crippen molar-refractivity contribution in [2.45, 2.75) is 162 Å². The van der Waals surface area contributed by atoms with Crippen molar-refractivity contribution < 1.29 is 0 Å². The van der Waals surface area contributed by atoms with Crippen LogP contribution in [0.5, 0.6) is 0 Å². The van der Waals surface area contributed by atoms with Crippen LogP contribution >= 0.6 is 11.6 Å². The van der Waals surface area contributed by atoms with Gasteiger partial charge in [-0.25, -0.2) is 0 Å². The first-order valence-electron chi connectivity index (χ1n) is 24.4. The van der Waals surface area contributed by atoms with Crippen molar-refractivity contribution in [1.29, 1.82) is 0 Å². The maximum Gasteiger partial charge on any atom is 0.252 e. The smallest absolute Gasteiger partial charge is 0.252 e. The predicted molar refractivity (Wildman–Crippen MR) is 284 cm³/mol. The summed E-state index contributed by atoms with van der Waals surface area (Å²) in [5.41, 5.74) is 23.8. The first-order chi connectivity index (χ1) is 30.3. The van der Waals surface area contributed by atoms with Crippen molar-refractivity contribution >= 4 is 68.8 Å². The third-order valence-corrected chi connectivity index (χ3v) is 16.7. The molecule has 4 aliphatic rings. The number of halogens is 1. The molecule has 6 aromatic carbocycles. The molecule has 0 unspecified atom stereocenters. The average Bonchev–Trinajstić information content (AvgIpc) is 3.23. The van der Waals surface area contributed by atoms with Gasteiger partial charge in [-0.05, 0) is 168 Å². The van der Waals surface area contributed by atoms with Gasteiger partial charge in [0.15, 0.2) is 0 Å². The van der Waals surface area contributed by atoms with Crippen LogP contribution in [-0.4, -0.2) is 6.71 Å². The molecule has 0 radical (unpaired) electrons. The highest BCUT2D eigenvalue weighted by Gasteiger charge is 2.48. The van der Waals surface area contributed by atoms with Crippen LogP contribution in [0.2, 0.25) is 5.02 Å². The van der Waals surface area contributed by atoms with Gasteiger partial charge in [-0.15, -0.1) is 0 Å². The van der Waals surface area contributed by atoms with Crippen LogP contribution < -0.4 is 26.2 Å². The number of aryl methyl sites for hydroxylation is 1. The van der Waals surface area contributed by atoms with Crippen LogP contribution in [0.15, 0.2) is 103 Å². The van der Waals surface area contributed by atoms with Gasteiger partial charge in [0.05, 0.1) is 5.69 Å². The molecule has 0 fully saturated rings. The maximum atomic E-state index is 7.60. The van der Waals surface area contributed by atoms with Gasteiger partial charge in [-0.3, -0.25) is 0 Å². The topological polar surface area (TPSA) is 6.48 Å². The van der Waals surface area contributed by atoms with E-state index in [-0.39, 0.29) is 39.2 Å². The zero-order chi connectivity index (χ0) is 46.6. The Morgan fingerprint density at radius 2 is 0.908 bits per heavy atom. The van der Waals surface area contributed by atoms with E-state index in [0.717, 1.165) is 30.0 Å². The monoisotopic (exact) mass is 877 g/mol. The second kappa shape index (κ2) is 14.4. The molecule has 0 amide bonds. The van der Waals surface area contributed by atoms with Crippen molar-refractivity contribution in [1.82, 2.24) is 0 Å². The number of benzene rings is 6. The lowest BCUT2D eigenvalue weighted by Gasteiger charge is -2.48. The number of nitrogens with zero attached hydrogens (tertiary/aromatic N) is 2. The third-order valence-electron chi connectivity index (χ3n) is 16.5. The molecule has 2 heterocycles. The van der Waals surface area contributed by atoms with E-state index in [1.54, 1.807) is 0 Å². The maximum absolute atomic E-state index is 7.60. The minimum Gasteiger partial charge on any atom is -0.311 e. The molecule has 0 bridgehead atoms. The quantitative estimate of drug-likeness (QED) is 0.163. The van der Waals surface area contributed by atoms with Gasteiger partial charge in [0.25, 0.3) is 6.71 Å². The minimum absolute atomic E-state index is 0.00876.